The second-order valence-electron chi connectivity index (χ2n) is 7.38. The first-order chi connectivity index (χ1) is 11.2. The second kappa shape index (κ2) is 6.15. The van der Waals surface area contributed by atoms with Crippen LogP contribution in [-0.2, 0) is 11.3 Å². The first-order valence-electron chi connectivity index (χ1n) is 8.99. The van der Waals surface area contributed by atoms with Crippen LogP contribution in [0.1, 0.15) is 31.4 Å². The quantitative estimate of drug-likeness (QED) is 0.877. The topological polar surface area (TPSA) is 62.2 Å². The highest BCUT2D eigenvalue weighted by molar-refractivity contribution is 5.81. The van der Waals surface area contributed by atoms with Crippen LogP contribution < -0.4 is 10.6 Å². The number of amides is 1. The lowest BCUT2D eigenvalue weighted by molar-refractivity contribution is -0.133. The molecule has 0 spiro atoms. The number of aromatic nitrogens is 2. The largest absolute Gasteiger partial charge is 0.370 e. The summed E-state index contributed by atoms with van der Waals surface area (Å²) in [5.74, 6) is 2.49. The molecule has 0 bridgehead atoms. The van der Waals surface area contributed by atoms with Gasteiger partial charge in [0.1, 0.15) is 5.82 Å². The molecule has 0 aromatic carbocycles. The Morgan fingerprint density at radius 3 is 2.87 bits per heavy atom. The van der Waals surface area contributed by atoms with Crippen molar-refractivity contribution in [3.05, 3.63) is 11.8 Å². The van der Waals surface area contributed by atoms with Gasteiger partial charge in [0.2, 0.25) is 5.91 Å². The van der Waals surface area contributed by atoms with Gasteiger partial charge in [0, 0.05) is 56.7 Å². The lowest BCUT2D eigenvalue weighted by Gasteiger charge is -2.34. The Balaban J connectivity index is 1.21. The minimum atomic E-state index is 0.361. The molecular weight excluding hydrogens is 290 g/mol. The third-order valence-electron chi connectivity index (χ3n) is 5.33. The molecule has 1 amide bonds. The van der Waals surface area contributed by atoms with Crippen LogP contribution in [0.2, 0.25) is 0 Å². The molecule has 1 saturated heterocycles. The number of fused-ring (bicyclic) bond motifs is 1. The van der Waals surface area contributed by atoms with E-state index in [1.807, 2.05) is 6.92 Å². The predicted octanol–water partition coefficient (Wildman–Crippen LogP) is 1.22. The van der Waals surface area contributed by atoms with Gasteiger partial charge in [0.15, 0.2) is 0 Å². The number of hydrogen-bond donors (Lipinski definition) is 2. The molecule has 2 aliphatic heterocycles. The number of piperidine rings is 1. The molecule has 0 unspecified atom stereocenters. The number of rotatable bonds is 4. The average Bonchev–Trinajstić information content (AvgIpc) is 3.34. The highest BCUT2D eigenvalue weighted by Crippen LogP contribution is 2.31. The van der Waals surface area contributed by atoms with Crippen molar-refractivity contribution in [3.63, 3.8) is 0 Å². The Morgan fingerprint density at radius 2 is 2.13 bits per heavy atom. The van der Waals surface area contributed by atoms with E-state index in [9.17, 15) is 4.79 Å². The molecule has 6 heteroatoms. The van der Waals surface area contributed by atoms with Crippen molar-refractivity contribution < 1.29 is 4.79 Å². The summed E-state index contributed by atoms with van der Waals surface area (Å²) in [4.78, 5) is 14.2. The van der Waals surface area contributed by atoms with Gasteiger partial charge in [-0.1, -0.05) is 0 Å². The smallest absolute Gasteiger partial charge is 0.225 e. The number of hydrogen-bond acceptors (Lipinski definition) is 4. The monoisotopic (exact) mass is 317 g/mol. The predicted molar refractivity (Wildman–Crippen MR) is 89.3 cm³/mol. The maximum Gasteiger partial charge on any atom is 0.225 e. The lowest BCUT2D eigenvalue weighted by Crippen LogP contribution is -2.47. The summed E-state index contributed by atoms with van der Waals surface area (Å²) < 4.78 is 2.09. The molecule has 1 aromatic rings. The summed E-state index contributed by atoms with van der Waals surface area (Å²) >= 11 is 0. The molecule has 23 heavy (non-hydrogen) atoms. The summed E-state index contributed by atoms with van der Waals surface area (Å²) in [5, 5.41) is 11.7. The first-order valence-corrected chi connectivity index (χ1v) is 8.99. The van der Waals surface area contributed by atoms with Gasteiger partial charge >= 0.3 is 0 Å². The molecule has 1 aromatic heterocycles. The van der Waals surface area contributed by atoms with Crippen molar-refractivity contribution in [2.45, 2.75) is 45.2 Å². The summed E-state index contributed by atoms with van der Waals surface area (Å²) in [6, 6.07) is 2.66. The Kier molecular flexibility index (Phi) is 4.01. The minimum absolute atomic E-state index is 0.361. The zero-order chi connectivity index (χ0) is 15.8. The van der Waals surface area contributed by atoms with Crippen molar-refractivity contribution in [1.29, 1.82) is 0 Å². The molecule has 1 aliphatic carbocycles. The maximum absolute atomic E-state index is 12.1. The molecule has 0 radical (unpaired) electrons. The Morgan fingerprint density at radius 1 is 1.35 bits per heavy atom. The number of nitrogens with one attached hydrogen (secondary N) is 2. The Labute approximate surface area is 137 Å². The summed E-state index contributed by atoms with van der Waals surface area (Å²) in [6.07, 6.45) is 4.40. The average molecular weight is 317 g/mol. The SMILES string of the molecule is Cc1cc2n(n1)C[C@@H](CNC1CCN(C(=O)C3CC3)CC1)CN2. The van der Waals surface area contributed by atoms with Gasteiger partial charge in [-0.05, 0) is 32.6 Å². The zero-order valence-electron chi connectivity index (χ0n) is 13.9. The van der Waals surface area contributed by atoms with Crippen LogP contribution in [0.25, 0.3) is 0 Å². The molecule has 1 atom stereocenters. The number of nitrogens with zero attached hydrogens (tertiary/aromatic N) is 3. The van der Waals surface area contributed by atoms with E-state index >= 15 is 0 Å². The van der Waals surface area contributed by atoms with Crippen molar-refractivity contribution in [3.8, 4) is 0 Å². The van der Waals surface area contributed by atoms with Crippen molar-refractivity contribution in [1.82, 2.24) is 20.0 Å². The zero-order valence-corrected chi connectivity index (χ0v) is 13.9. The third-order valence-corrected chi connectivity index (χ3v) is 5.33. The molecule has 4 rings (SSSR count). The molecule has 2 fully saturated rings. The van der Waals surface area contributed by atoms with Crippen LogP contribution >= 0.6 is 0 Å². The number of carbonyl (C=O) groups is 1. The van der Waals surface area contributed by atoms with E-state index in [4.69, 9.17) is 0 Å². The van der Waals surface area contributed by atoms with E-state index < -0.39 is 0 Å². The van der Waals surface area contributed by atoms with Gasteiger partial charge in [-0.25, -0.2) is 4.68 Å². The summed E-state index contributed by atoms with van der Waals surface area (Å²) in [5.41, 5.74) is 1.08. The van der Waals surface area contributed by atoms with Gasteiger partial charge < -0.3 is 15.5 Å². The number of anilines is 1. The Hall–Kier alpha value is -1.56. The van der Waals surface area contributed by atoms with Gasteiger partial charge in [-0.2, -0.15) is 5.10 Å². The fourth-order valence-electron chi connectivity index (χ4n) is 3.75. The van der Waals surface area contributed by atoms with Crippen molar-refractivity contribution in [2.75, 3.05) is 31.5 Å². The third kappa shape index (κ3) is 3.37. The van der Waals surface area contributed by atoms with Crippen LogP contribution in [0.3, 0.4) is 0 Å². The van der Waals surface area contributed by atoms with Crippen LogP contribution in [0, 0.1) is 18.8 Å². The fraction of sp³-hybridized carbons (Fsp3) is 0.765. The molecule has 3 heterocycles. The molecule has 3 aliphatic rings. The first kappa shape index (κ1) is 15.0. The number of carbonyl (C=O) groups excluding carboxylic acids is 1. The molecular formula is C17H27N5O. The fourth-order valence-corrected chi connectivity index (χ4v) is 3.75. The minimum Gasteiger partial charge on any atom is -0.370 e. The molecule has 1 saturated carbocycles. The van der Waals surface area contributed by atoms with Crippen LogP contribution in [0.15, 0.2) is 6.07 Å². The highest BCUT2D eigenvalue weighted by Gasteiger charge is 2.34. The summed E-state index contributed by atoms with van der Waals surface area (Å²) in [7, 11) is 0. The molecule has 6 nitrogen and oxygen atoms in total. The van der Waals surface area contributed by atoms with Gasteiger partial charge in [-0.3, -0.25) is 4.79 Å². The molecule has 2 N–H and O–H groups in total. The lowest BCUT2D eigenvalue weighted by atomic mass is 10.0. The van der Waals surface area contributed by atoms with Crippen molar-refractivity contribution in [2.24, 2.45) is 11.8 Å². The maximum atomic E-state index is 12.1. The normalized spacial score (nSPS) is 25.1. The standard InChI is InChI=1S/C17H27N5O/c1-12-8-16-19-10-13(11-22(16)20-12)9-18-15-4-6-21(7-5-15)17(23)14-2-3-14/h8,13-15,18-19H,2-7,9-11H2,1H3/t13-/m0/s1. The van der Waals surface area contributed by atoms with Gasteiger partial charge in [0.05, 0.1) is 5.69 Å². The van der Waals surface area contributed by atoms with Crippen LogP contribution in [0.4, 0.5) is 5.82 Å². The Bertz CT molecular complexity index is 572. The van der Waals surface area contributed by atoms with E-state index in [1.165, 1.54) is 0 Å². The van der Waals surface area contributed by atoms with Gasteiger partial charge in [0.25, 0.3) is 0 Å². The van der Waals surface area contributed by atoms with Crippen molar-refractivity contribution >= 4 is 11.7 Å². The summed E-state index contributed by atoms with van der Waals surface area (Å²) in [6.45, 7) is 6.92. The van der Waals surface area contributed by atoms with E-state index in [0.717, 1.165) is 69.9 Å². The van der Waals surface area contributed by atoms with E-state index in [1.54, 1.807) is 0 Å². The highest BCUT2D eigenvalue weighted by atomic mass is 16.2. The molecule has 126 valence electrons. The van der Waals surface area contributed by atoms with Crippen LogP contribution in [0.5, 0.6) is 0 Å². The van der Waals surface area contributed by atoms with E-state index in [2.05, 4.69) is 31.4 Å². The second-order valence-corrected chi connectivity index (χ2v) is 7.38. The van der Waals surface area contributed by atoms with Gasteiger partial charge in [-0.15, -0.1) is 0 Å². The van der Waals surface area contributed by atoms with E-state index in [0.29, 0.717) is 23.8 Å². The number of likely N-dealkylation sites (tertiary alicyclic amines) is 1. The van der Waals surface area contributed by atoms with E-state index in [-0.39, 0.29) is 0 Å². The number of aryl methyl sites for hydroxylation is 1. The van der Waals surface area contributed by atoms with Crippen LogP contribution in [-0.4, -0.2) is 52.8 Å².